The minimum atomic E-state index is -0.648. The molecule has 1 fully saturated rings. The van der Waals surface area contributed by atoms with Gasteiger partial charge in [0.25, 0.3) is 5.91 Å². The lowest BCUT2D eigenvalue weighted by atomic mass is 9.85. The number of hydrogen-bond acceptors (Lipinski definition) is 4. The number of likely N-dealkylation sites (tertiary alicyclic amines) is 1. The molecule has 1 amide bonds. The lowest BCUT2D eigenvalue weighted by Crippen LogP contribution is -2.33. The van der Waals surface area contributed by atoms with Gasteiger partial charge in [0.2, 0.25) is 5.15 Å². The van der Waals surface area contributed by atoms with E-state index in [1.54, 1.807) is 4.90 Å². The lowest BCUT2D eigenvalue weighted by Gasteiger charge is -2.23. The molecule has 1 saturated heterocycles. The van der Waals surface area contributed by atoms with Gasteiger partial charge in [0, 0.05) is 19.3 Å². The largest absolute Gasteiger partial charge is 0.338 e. The van der Waals surface area contributed by atoms with Gasteiger partial charge in [-0.05, 0) is 30.7 Å². The number of nitrogens with zero attached hydrogens (tertiary/aromatic N) is 3. The SMILES string of the molecule is CC1(C)CCCN(C(=O)c2ccnc(Cl)c2[N+](=O)[O-])CC1. The Hall–Kier alpha value is -1.69. The standard InChI is InChI=1S/C14H18ClN3O3/c1-14(2)5-3-8-17(9-6-14)13(19)10-4-7-16-12(15)11(10)18(20)21/h4,7H,3,5-6,8-9H2,1-2H3. The van der Waals surface area contributed by atoms with E-state index in [-0.39, 0.29) is 22.0 Å². The zero-order valence-electron chi connectivity index (χ0n) is 12.1. The number of pyridine rings is 1. The van der Waals surface area contributed by atoms with E-state index in [4.69, 9.17) is 11.6 Å². The summed E-state index contributed by atoms with van der Waals surface area (Å²) in [6, 6.07) is 1.36. The number of nitro groups is 1. The van der Waals surface area contributed by atoms with Gasteiger partial charge in [-0.25, -0.2) is 4.98 Å². The Morgan fingerprint density at radius 2 is 2.14 bits per heavy atom. The maximum Gasteiger partial charge on any atom is 0.319 e. The fraction of sp³-hybridized carbons (Fsp3) is 0.571. The normalized spacial score (nSPS) is 18.1. The lowest BCUT2D eigenvalue weighted by molar-refractivity contribution is -0.385. The number of carbonyl (C=O) groups excluding carboxylic acids is 1. The van der Waals surface area contributed by atoms with Crippen molar-refractivity contribution in [1.82, 2.24) is 9.88 Å². The van der Waals surface area contributed by atoms with Crippen molar-refractivity contribution in [2.24, 2.45) is 5.41 Å². The van der Waals surface area contributed by atoms with Crippen molar-refractivity contribution >= 4 is 23.2 Å². The van der Waals surface area contributed by atoms with Crippen LogP contribution < -0.4 is 0 Å². The van der Waals surface area contributed by atoms with E-state index >= 15 is 0 Å². The monoisotopic (exact) mass is 311 g/mol. The molecule has 1 aliphatic heterocycles. The second kappa shape index (κ2) is 5.97. The molecule has 0 aromatic carbocycles. The molecule has 0 bridgehead atoms. The van der Waals surface area contributed by atoms with Crippen LogP contribution in [0.3, 0.4) is 0 Å². The Kier molecular flexibility index (Phi) is 4.46. The third-order valence-electron chi connectivity index (χ3n) is 3.92. The van der Waals surface area contributed by atoms with E-state index in [9.17, 15) is 14.9 Å². The van der Waals surface area contributed by atoms with Crippen LogP contribution in [-0.2, 0) is 0 Å². The number of rotatable bonds is 2. The van der Waals surface area contributed by atoms with Crippen LogP contribution in [0, 0.1) is 15.5 Å². The molecule has 21 heavy (non-hydrogen) atoms. The first-order valence-corrected chi connectivity index (χ1v) is 7.28. The first-order valence-electron chi connectivity index (χ1n) is 6.90. The van der Waals surface area contributed by atoms with Crippen LogP contribution in [0.4, 0.5) is 5.69 Å². The molecule has 0 N–H and O–H groups in total. The summed E-state index contributed by atoms with van der Waals surface area (Å²) in [5.74, 6) is -0.344. The third kappa shape index (κ3) is 3.50. The summed E-state index contributed by atoms with van der Waals surface area (Å²) >= 11 is 5.76. The Bertz CT molecular complexity index is 575. The predicted molar refractivity (Wildman–Crippen MR) is 79.4 cm³/mol. The fourth-order valence-corrected chi connectivity index (χ4v) is 2.80. The van der Waals surface area contributed by atoms with Crippen LogP contribution in [0.25, 0.3) is 0 Å². The van der Waals surface area contributed by atoms with Crippen LogP contribution >= 0.6 is 11.6 Å². The zero-order chi connectivity index (χ0) is 15.6. The van der Waals surface area contributed by atoms with Crippen LogP contribution in [0.15, 0.2) is 12.3 Å². The topological polar surface area (TPSA) is 76.3 Å². The van der Waals surface area contributed by atoms with E-state index in [0.29, 0.717) is 13.1 Å². The van der Waals surface area contributed by atoms with E-state index in [1.165, 1.54) is 12.3 Å². The van der Waals surface area contributed by atoms with E-state index in [0.717, 1.165) is 19.3 Å². The molecular formula is C14H18ClN3O3. The molecule has 0 saturated carbocycles. The Morgan fingerprint density at radius 1 is 1.43 bits per heavy atom. The first kappa shape index (κ1) is 15.7. The summed E-state index contributed by atoms with van der Waals surface area (Å²) in [4.78, 5) is 28.4. The summed E-state index contributed by atoms with van der Waals surface area (Å²) in [7, 11) is 0. The maximum absolute atomic E-state index is 12.6. The Morgan fingerprint density at radius 3 is 2.81 bits per heavy atom. The highest BCUT2D eigenvalue weighted by Gasteiger charge is 2.31. The molecular weight excluding hydrogens is 294 g/mol. The Balaban J connectivity index is 2.28. The minimum Gasteiger partial charge on any atom is -0.338 e. The van der Waals surface area contributed by atoms with Crippen molar-refractivity contribution in [2.75, 3.05) is 13.1 Å². The average Bonchev–Trinajstić information content (AvgIpc) is 2.58. The fourth-order valence-electron chi connectivity index (χ4n) is 2.57. The van der Waals surface area contributed by atoms with Crippen LogP contribution in [0.5, 0.6) is 0 Å². The first-order chi connectivity index (χ1) is 9.82. The number of halogens is 1. The molecule has 1 aromatic rings. The number of hydrogen-bond donors (Lipinski definition) is 0. The molecule has 0 unspecified atom stereocenters. The smallest absolute Gasteiger partial charge is 0.319 e. The van der Waals surface area contributed by atoms with Crippen LogP contribution in [-0.4, -0.2) is 33.8 Å². The minimum absolute atomic E-state index is 0.0136. The molecule has 1 aromatic heterocycles. The van der Waals surface area contributed by atoms with Crippen molar-refractivity contribution < 1.29 is 9.72 Å². The summed E-state index contributed by atoms with van der Waals surface area (Å²) in [6.07, 6.45) is 4.14. The van der Waals surface area contributed by atoms with E-state index < -0.39 is 10.6 Å². The molecule has 0 radical (unpaired) electrons. The number of aromatic nitrogens is 1. The Labute approximate surface area is 128 Å². The average molecular weight is 312 g/mol. The molecule has 2 rings (SSSR count). The van der Waals surface area contributed by atoms with Crippen molar-refractivity contribution in [3.8, 4) is 0 Å². The van der Waals surface area contributed by atoms with Gasteiger partial charge in [-0.3, -0.25) is 14.9 Å². The quantitative estimate of drug-likeness (QED) is 0.477. The van der Waals surface area contributed by atoms with Crippen molar-refractivity contribution in [2.45, 2.75) is 33.1 Å². The molecule has 7 heteroatoms. The maximum atomic E-state index is 12.6. The molecule has 6 nitrogen and oxygen atoms in total. The van der Waals surface area contributed by atoms with Gasteiger partial charge >= 0.3 is 5.69 Å². The number of amides is 1. The van der Waals surface area contributed by atoms with Crippen molar-refractivity contribution in [1.29, 1.82) is 0 Å². The second-order valence-corrected chi connectivity index (χ2v) is 6.42. The van der Waals surface area contributed by atoms with Gasteiger partial charge in [0.15, 0.2) is 0 Å². The van der Waals surface area contributed by atoms with E-state index in [2.05, 4.69) is 18.8 Å². The van der Waals surface area contributed by atoms with Crippen LogP contribution in [0.1, 0.15) is 43.5 Å². The molecule has 2 heterocycles. The van der Waals surface area contributed by atoms with Gasteiger partial charge in [-0.15, -0.1) is 0 Å². The molecule has 0 aliphatic carbocycles. The summed E-state index contributed by atoms with van der Waals surface area (Å²) in [5, 5.41) is 10.9. The highest BCUT2D eigenvalue weighted by Crippen LogP contribution is 2.32. The van der Waals surface area contributed by atoms with Gasteiger partial charge in [0.05, 0.1) is 4.92 Å². The van der Waals surface area contributed by atoms with Crippen molar-refractivity contribution in [3.05, 3.63) is 33.1 Å². The predicted octanol–water partition coefficient (Wildman–Crippen LogP) is 3.30. The van der Waals surface area contributed by atoms with Gasteiger partial charge in [0.1, 0.15) is 5.56 Å². The van der Waals surface area contributed by atoms with Crippen LogP contribution in [0.2, 0.25) is 5.15 Å². The molecule has 1 aliphatic rings. The summed E-state index contributed by atoms with van der Waals surface area (Å²) in [5.41, 5.74) is -0.205. The molecule has 114 valence electrons. The van der Waals surface area contributed by atoms with Gasteiger partial charge in [-0.2, -0.15) is 0 Å². The molecule has 0 atom stereocenters. The third-order valence-corrected chi connectivity index (χ3v) is 4.20. The highest BCUT2D eigenvalue weighted by atomic mass is 35.5. The van der Waals surface area contributed by atoms with Crippen molar-refractivity contribution in [3.63, 3.8) is 0 Å². The second-order valence-electron chi connectivity index (χ2n) is 6.07. The summed E-state index contributed by atoms with van der Waals surface area (Å²) in [6.45, 7) is 5.56. The van der Waals surface area contributed by atoms with Gasteiger partial charge in [-0.1, -0.05) is 25.4 Å². The summed E-state index contributed by atoms with van der Waals surface area (Å²) < 4.78 is 0. The van der Waals surface area contributed by atoms with E-state index in [1.807, 2.05) is 0 Å². The van der Waals surface area contributed by atoms with Gasteiger partial charge < -0.3 is 4.90 Å². The zero-order valence-corrected chi connectivity index (χ0v) is 12.9. The highest BCUT2D eigenvalue weighted by molar-refractivity contribution is 6.32. The molecule has 0 spiro atoms. The number of carbonyl (C=O) groups is 1.